The predicted octanol–water partition coefficient (Wildman–Crippen LogP) is 3.87. The van der Waals surface area contributed by atoms with E-state index in [1.807, 2.05) is 10.9 Å². The minimum Gasteiger partial charge on any atom is -0.490 e. The average Bonchev–Trinajstić information content (AvgIpc) is 2.80. The molecule has 0 fully saturated rings. The highest BCUT2D eigenvalue weighted by atomic mass is 79.9. The third kappa shape index (κ3) is 4.02. The van der Waals surface area contributed by atoms with Gasteiger partial charge in [0, 0.05) is 17.3 Å². The highest BCUT2D eigenvalue weighted by Crippen LogP contribution is 2.29. The molecule has 3 nitrogen and oxygen atoms in total. The first-order chi connectivity index (χ1) is 8.19. The molecule has 1 rings (SSSR count). The first kappa shape index (κ1) is 14.6. The molecule has 0 unspecified atom stereocenters. The van der Waals surface area contributed by atoms with Crippen LogP contribution in [0.4, 0.5) is 0 Å². The van der Waals surface area contributed by atoms with Crippen molar-refractivity contribution in [1.29, 1.82) is 0 Å². The first-order valence-electron chi connectivity index (χ1n) is 6.41. The molecule has 98 valence electrons. The minimum absolute atomic E-state index is 0.243. The smallest absolute Gasteiger partial charge is 0.157 e. The molecule has 0 aliphatic heterocycles. The van der Waals surface area contributed by atoms with Crippen molar-refractivity contribution in [2.75, 3.05) is 11.9 Å². The molecule has 17 heavy (non-hydrogen) atoms. The van der Waals surface area contributed by atoms with Crippen molar-refractivity contribution in [3.05, 3.63) is 12.4 Å². The standard InChI is InChI=1S/C13H23BrN2O/c1-4-7-16-9-12(8-15-16)17-11-13(5-2,6-3)10-14/h8-9H,4-7,10-11H2,1-3H3. The van der Waals surface area contributed by atoms with Gasteiger partial charge in [-0.15, -0.1) is 0 Å². The lowest BCUT2D eigenvalue weighted by molar-refractivity contribution is 0.158. The third-order valence-electron chi connectivity index (χ3n) is 3.39. The van der Waals surface area contributed by atoms with Crippen LogP contribution < -0.4 is 4.74 Å². The van der Waals surface area contributed by atoms with Crippen molar-refractivity contribution in [2.45, 2.75) is 46.6 Å². The van der Waals surface area contributed by atoms with Gasteiger partial charge in [0.1, 0.15) is 0 Å². The molecule has 0 saturated heterocycles. The molecule has 0 aromatic carbocycles. The van der Waals surface area contributed by atoms with Gasteiger partial charge >= 0.3 is 0 Å². The maximum Gasteiger partial charge on any atom is 0.157 e. The molecule has 1 aromatic rings. The number of hydrogen-bond donors (Lipinski definition) is 0. The zero-order chi connectivity index (χ0) is 12.7. The van der Waals surface area contributed by atoms with Gasteiger partial charge in [0.25, 0.3) is 0 Å². The summed E-state index contributed by atoms with van der Waals surface area (Å²) in [4.78, 5) is 0. The zero-order valence-electron chi connectivity index (χ0n) is 11.1. The van der Waals surface area contributed by atoms with Crippen molar-refractivity contribution in [1.82, 2.24) is 9.78 Å². The number of rotatable bonds is 8. The Morgan fingerprint density at radius 1 is 1.35 bits per heavy atom. The molecule has 0 bridgehead atoms. The van der Waals surface area contributed by atoms with Crippen LogP contribution in [0, 0.1) is 5.41 Å². The number of halogens is 1. The Morgan fingerprint density at radius 3 is 2.59 bits per heavy atom. The second-order valence-corrected chi connectivity index (χ2v) is 5.13. The zero-order valence-corrected chi connectivity index (χ0v) is 12.7. The van der Waals surface area contributed by atoms with Gasteiger partial charge in [-0.3, -0.25) is 4.68 Å². The van der Waals surface area contributed by atoms with Crippen LogP contribution in [0.3, 0.4) is 0 Å². The van der Waals surface area contributed by atoms with Crippen molar-refractivity contribution >= 4 is 15.9 Å². The van der Waals surface area contributed by atoms with E-state index in [-0.39, 0.29) is 5.41 Å². The molecule has 0 radical (unpaired) electrons. The van der Waals surface area contributed by atoms with Gasteiger partial charge in [0.15, 0.2) is 5.75 Å². The van der Waals surface area contributed by atoms with Crippen LogP contribution in [0.25, 0.3) is 0 Å². The summed E-state index contributed by atoms with van der Waals surface area (Å²) in [5, 5.41) is 5.25. The normalized spacial score (nSPS) is 11.8. The molecule has 1 aromatic heterocycles. The Kier molecular flexibility index (Phi) is 6.03. The van der Waals surface area contributed by atoms with E-state index in [2.05, 4.69) is 41.8 Å². The quantitative estimate of drug-likeness (QED) is 0.682. The van der Waals surface area contributed by atoms with Gasteiger partial charge < -0.3 is 4.74 Å². The Morgan fingerprint density at radius 2 is 2.06 bits per heavy atom. The lowest BCUT2D eigenvalue weighted by Gasteiger charge is -2.28. The van der Waals surface area contributed by atoms with Crippen LogP contribution >= 0.6 is 15.9 Å². The van der Waals surface area contributed by atoms with E-state index >= 15 is 0 Å². The monoisotopic (exact) mass is 302 g/mol. The third-order valence-corrected chi connectivity index (χ3v) is 4.58. The van der Waals surface area contributed by atoms with E-state index < -0.39 is 0 Å². The first-order valence-corrected chi connectivity index (χ1v) is 7.53. The SMILES string of the molecule is CCCn1cc(OCC(CC)(CC)CBr)cn1. The number of ether oxygens (including phenoxy) is 1. The lowest BCUT2D eigenvalue weighted by atomic mass is 9.86. The van der Waals surface area contributed by atoms with Gasteiger partial charge in [-0.2, -0.15) is 5.10 Å². The van der Waals surface area contributed by atoms with Crippen molar-refractivity contribution < 1.29 is 4.74 Å². The number of aromatic nitrogens is 2. The molecule has 1 heterocycles. The molecule has 0 atom stereocenters. The summed E-state index contributed by atoms with van der Waals surface area (Å²) >= 11 is 3.60. The van der Waals surface area contributed by atoms with Crippen LogP contribution in [-0.4, -0.2) is 21.7 Å². The topological polar surface area (TPSA) is 27.1 Å². The summed E-state index contributed by atoms with van der Waals surface area (Å²) in [5.74, 6) is 0.880. The maximum absolute atomic E-state index is 5.86. The fourth-order valence-electron chi connectivity index (χ4n) is 1.69. The number of aryl methyl sites for hydroxylation is 1. The van der Waals surface area contributed by atoms with E-state index in [1.165, 1.54) is 0 Å². The Hall–Kier alpha value is -0.510. The molecule has 0 aliphatic carbocycles. The molecular formula is C13H23BrN2O. The van der Waals surface area contributed by atoms with E-state index in [9.17, 15) is 0 Å². The second-order valence-electron chi connectivity index (χ2n) is 4.57. The van der Waals surface area contributed by atoms with Gasteiger partial charge in [0.2, 0.25) is 0 Å². The maximum atomic E-state index is 5.86. The summed E-state index contributed by atoms with van der Waals surface area (Å²) in [6.45, 7) is 8.28. The van der Waals surface area contributed by atoms with E-state index in [4.69, 9.17) is 4.74 Å². The van der Waals surface area contributed by atoms with Crippen LogP contribution in [0.15, 0.2) is 12.4 Å². The predicted molar refractivity (Wildman–Crippen MR) is 74.8 cm³/mol. The van der Waals surface area contributed by atoms with Gasteiger partial charge in [0.05, 0.1) is 19.0 Å². The fourth-order valence-corrected chi connectivity index (χ4v) is 2.64. The van der Waals surface area contributed by atoms with E-state index in [1.54, 1.807) is 6.20 Å². The molecule has 0 spiro atoms. The Bertz CT molecular complexity index is 313. The van der Waals surface area contributed by atoms with Crippen LogP contribution in [-0.2, 0) is 6.54 Å². The minimum atomic E-state index is 0.243. The number of nitrogens with zero attached hydrogens (tertiary/aromatic N) is 2. The van der Waals surface area contributed by atoms with Crippen molar-refractivity contribution in [2.24, 2.45) is 5.41 Å². The summed E-state index contributed by atoms with van der Waals surface area (Å²) in [5.41, 5.74) is 0.243. The summed E-state index contributed by atoms with van der Waals surface area (Å²) < 4.78 is 7.79. The lowest BCUT2D eigenvalue weighted by Crippen LogP contribution is -2.28. The number of hydrogen-bond acceptors (Lipinski definition) is 2. The second kappa shape index (κ2) is 7.04. The highest BCUT2D eigenvalue weighted by molar-refractivity contribution is 9.09. The largest absolute Gasteiger partial charge is 0.490 e. The molecule has 0 saturated carbocycles. The highest BCUT2D eigenvalue weighted by Gasteiger charge is 2.25. The van der Waals surface area contributed by atoms with Crippen LogP contribution in [0.5, 0.6) is 5.75 Å². The van der Waals surface area contributed by atoms with Crippen molar-refractivity contribution in [3.8, 4) is 5.75 Å². The van der Waals surface area contributed by atoms with Gasteiger partial charge in [-0.05, 0) is 19.3 Å². The van der Waals surface area contributed by atoms with Gasteiger partial charge in [-0.1, -0.05) is 36.7 Å². The molecule has 0 aliphatic rings. The van der Waals surface area contributed by atoms with E-state index in [0.717, 1.165) is 43.5 Å². The summed E-state index contributed by atoms with van der Waals surface area (Å²) in [6.07, 6.45) is 7.12. The molecular weight excluding hydrogens is 280 g/mol. The van der Waals surface area contributed by atoms with Crippen LogP contribution in [0.1, 0.15) is 40.0 Å². The van der Waals surface area contributed by atoms with E-state index in [0.29, 0.717) is 0 Å². The molecule has 4 heteroatoms. The average molecular weight is 303 g/mol. The Labute approximate surface area is 113 Å². The summed E-state index contributed by atoms with van der Waals surface area (Å²) in [7, 11) is 0. The molecule has 0 amide bonds. The fraction of sp³-hybridized carbons (Fsp3) is 0.769. The summed E-state index contributed by atoms with van der Waals surface area (Å²) in [6, 6.07) is 0. The number of alkyl halides is 1. The van der Waals surface area contributed by atoms with Gasteiger partial charge in [-0.25, -0.2) is 0 Å². The Balaban J connectivity index is 2.53. The molecule has 0 N–H and O–H groups in total. The van der Waals surface area contributed by atoms with Crippen LogP contribution in [0.2, 0.25) is 0 Å². The van der Waals surface area contributed by atoms with Crippen molar-refractivity contribution in [3.63, 3.8) is 0 Å².